The number of guanidine groups is 1. The first-order valence-corrected chi connectivity index (χ1v) is 8.51. The Bertz CT molecular complexity index is 721. The summed E-state index contributed by atoms with van der Waals surface area (Å²) in [4.78, 5) is 4.22. The zero-order chi connectivity index (χ0) is 18.8. The van der Waals surface area contributed by atoms with Crippen molar-refractivity contribution in [1.29, 1.82) is 0 Å². The number of benzene rings is 2. The molecule has 27 heavy (non-hydrogen) atoms. The van der Waals surface area contributed by atoms with Crippen molar-refractivity contribution in [1.82, 2.24) is 10.6 Å². The van der Waals surface area contributed by atoms with Crippen molar-refractivity contribution < 1.29 is 14.2 Å². The van der Waals surface area contributed by atoms with Crippen LogP contribution in [0.4, 0.5) is 0 Å². The molecule has 0 bridgehead atoms. The number of ether oxygens (including phenoxy) is 3. The minimum Gasteiger partial charge on any atom is -0.497 e. The Morgan fingerprint density at radius 2 is 1.67 bits per heavy atom. The van der Waals surface area contributed by atoms with Crippen LogP contribution < -0.4 is 24.8 Å². The SMILES string of the molecule is CN=C(NCCOc1ccc(OC)cc1)NCc1ccc(C)cc1OC.I. The van der Waals surface area contributed by atoms with Gasteiger partial charge < -0.3 is 24.8 Å². The van der Waals surface area contributed by atoms with Crippen LogP contribution in [0.1, 0.15) is 11.1 Å². The zero-order valence-corrected chi connectivity index (χ0v) is 18.6. The van der Waals surface area contributed by atoms with Gasteiger partial charge in [0.2, 0.25) is 0 Å². The molecule has 0 saturated carbocycles. The van der Waals surface area contributed by atoms with Gasteiger partial charge >= 0.3 is 0 Å². The van der Waals surface area contributed by atoms with E-state index in [-0.39, 0.29) is 24.0 Å². The minimum absolute atomic E-state index is 0. The van der Waals surface area contributed by atoms with Gasteiger partial charge in [0.05, 0.1) is 20.8 Å². The third-order valence-corrected chi connectivity index (χ3v) is 3.84. The highest BCUT2D eigenvalue weighted by Crippen LogP contribution is 2.19. The standard InChI is InChI=1S/C20H27N3O3.HI/c1-15-5-6-16(19(13-15)25-4)14-23-20(21-2)22-11-12-26-18-9-7-17(24-3)8-10-18;/h5-10,13H,11-12,14H2,1-4H3,(H2,21,22,23);1H. The second-order valence-electron chi connectivity index (χ2n) is 5.69. The van der Waals surface area contributed by atoms with Crippen LogP contribution >= 0.6 is 24.0 Å². The van der Waals surface area contributed by atoms with E-state index in [9.17, 15) is 0 Å². The van der Waals surface area contributed by atoms with Gasteiger partial charge in [-0.3, -0.25) is 4.99 Å². The summed E-state index contributed by atoms with van der Waals surface area (Å²) in [5.41, 5.74) is 2.25. The van der Waals surface area contributed by atoms with Crippen LogP contribution in [0.15, 0.2) is 47.5 Å². The number of aliphatic imine (C=N–C) groups is 1. The molecular weight excluding hydrogens is 457 g/mol. The van der Waals surface area contributed by atoms with Gasteiger partial charge in [0.1, 0.15) is 23.9 Å². The van der Waals surface area contributed by atoms with Crippen molar-refractivity contribution in [3.05, 3.63) is 53.6 Å². The summed E-state index contributed by atoms with van der Waals surface area (Å²) in [6.07, 6.45) is 0. The zero-order valence-electron chi connectivity index (χ0n) is 16.2. The second-order valence-corrected chi connectivity index (χ2v) is 5.69. The molecule has 0 amide bonds. The normalized spacial score (nSPS) is 10.6. The van der Waals surface area contributed by atoms with Gasteiger partial charge in [-0.1, -0.05) is 12.1 Å². The van der Waals surface area contributed by atoms with E-state index in [4.69, 9.17) is 14.2 Å². The summed E-state index contributed by atoms with van der Waals surface area (Å²) in [7, 11) is 5.07. The molecule has 0 fully saturated rings. The van der Waals surface area contributed by atoms with Crippen molar-refractivity contribution in [3.63, 3.8) is 0 Å². The predicted molar refractivity (Wildman–Crippen MR) is 120 cm³/mol. The Balaban J connectivity index is 0.00000364. The Morgan fingerprint density at radius 1 is 0.963 bits per heavy atom. The lowest BCUT2D eigenvalue weighted by Crippen LogP contribution is -2.38. The third-order valence-electron chi connectivity index (χ3n) is 3.84. The molecule has 0 aliphatic carbocycles. The average Bonchev–Trinajstić information content (AvgIpc) is 2.68. The number of hydrogen-bond acceptors (Lipinski definition) is 4. The summed E-state index contributed by atoms with van der Waals surface area (Å²) < 4.78 is 16.2. The van der Waals surface area contributed by atoms with E-state index in [0.29, 0.717) is 25.7 Å². The number of hydrogen-bond donors (Lipinski definition) is 2. The van der Waals surface area contributed by atoms with Crippen LogP contribution in [0.25, 0.3) is 0 Å². The molecule has 0 spiro atoms. The first-order valence-electron chi connectivity index (χ1n) is 8.51. The number of nitrogens with one attached hydrogen (secondary N) is 2. The number of halogens is 1. The molecule has 0 radical (unpaired) electrons. The van der Waals surface area contributed by atoms with Crippen molar-refractivity contribution >= 4 is 29.9 Å². The summed E-state index contributed by atoms with van der Waals surface area (Å²) in [5, 5.41) is 6.51. The molecule has 7 heteroatoms. The molecule has 0 aromatic heterocycles. The van der Waals surface area contributed by atoms with Crippen LogP contribution in [-0.2, 0) is 6.54 Å². The van der Waals surface area contributed by atoms with Crippen molar-refractivity contribution in [2.75, 3.05) is 34.4 Å². The molecule has 2 aromatic rings. The van der Waals surface area contributed by atoms with E-state index >= 15 is 0 Å². The van der Waals surface area contributed by atoms with Gasteiger partial charge in [-0.05, 0) is 42.8 Å². The van der Waals surface area contributed by atoms with Crippen molar-refractivity contribution in [2.24, 2.45) is 4.99 Å². The van der Waals surface area contributed by atoms with Crippen LogP contribution in [-0.4, -0.2) is 40.4 Å². The van der Waals surface area contributed by atoms with E-state index in [1.165, 1.54) is 5.56 Å². The van der Waals surface area contributed by atoms with E-state index < -0.39 is 0 Å². The van der Waals surface area contributed by atoms with Gasteiger partial charge in [0, 0.05) is 19.2 Å². The molecule has 148 valence electrons. The number of aryl methyl sites for hydroxylation is 1. The van der Waals surface area contributed by atoms with Gasteiger partial charge in [-0.2, -0.15) is 0 Å². The monoisotopic (exact) mass is 485 g/mol. The highest BCUT2D eigenvalue weighted by molar-refractivity contribution is 14.0. The lowest BCUT2D eigenvalue weighted by Gasteiger charge is -2.14. The lowest BCUT2D eigenvalue weighted by atomic mass is 10.1. The Kier molecular flexibility index (Phi) is 10.4. The molecule has 0 saturated heterocycles. The molecule has 6 nitrogen and oxygen atoms in total. The fraction of sp³-hybridized carbons (Fsp3) is 0.350. The maximum atomic E-state index is 5.69. The maximum absolute atomic E-state index is 5.69. The van der Waals surface area contributed by atoms with Crippen LogP contribution in [0.5, 0.6) is 17.2 Å². The summed E-state index contributed by atoms with van der Waals surface area (Å²) in [5.74, 6) is 3.20. The maximum Gasteiger partial charge on any atom is 0.191 e. The quantitative estimate of drug-likeness (QED) is 0.260. The second kappa shape index (κ2) is 12.3. The van der Waals surface area contributed by atoms with Crippen LogP contribution in [0.3, 0.4) is 0 Å². The molecule has 2 rings (SSSR count). The Morgan fingerprint density at radius 3 is 2.30 bits per heavy atom. The van der Waals surface area contributed by atoms with Crippen LogP contribution in [0, 0.1) is 6.92 Å². The topological polar surface area (TPSA) is 64.1 Å². The number of rotatable bonds is 8. The number of methoxy groups -OCH3 is 2. The summed E-state index contributed by atoms with van der Waals surface area (Å²) in [6, 6.07) is 13.7. The van der Waals surface area contributed by atoms with Gasteiger partial charge in [-0.25, -0.2) is 0 Å². The smallest absolute Gasteiger partial charge is 0.191 e. The van der Waals surface area contributed by atoms with Crippen molar-refractivity contribution in [2.45, 2.75) is 13.5 Å². The van der Waals surface area contributed by atoms with E-state index in [2.05, 4.69) is 27.8 Å². The molecule has 0 atom stereocenters. The molecule has 2 N–H and O–H groups in total. The fourth-order valence-electron chi connectivity index (χ4n) is 2.41. The van der Waals surface area contributed by atoms with Crippen molar-refractivity contribution in [3.8, 4) is 17.2 Å². The Labute approximate surface area is 178 Å². The molecule has 0 unspecified atom stereocenters. The van der Waals surface area contributed by atoms with E-state index in [1.807, 2.05) is 37.3 Å². The van der Waals surface area contributed by atoms with Gasteiger partial charge in [-0.15, -0.1) is 24.0 Å². The first-order chi connectivity index (χ1) is 12.7. The lowest BCUT2D eigenvalue weighted by molar-refractivity contribution is 0.321. The number of nitrogens with zero attached hydrogens (tertiary/aromatic N) is 1. The highest BCUT2D eigenvalue weighted by Gasteiger charge is 2.04. The molecule has 0 heterocycles. The predicted octanol–water partition coefficient (Wildman–Crippen LogP) is 3.37. The third kappa shape index (κ3) is 7.54. The van der Waals surface area contributed by atoms with Gasteiger partial charge in [0.25, 0.3) is 0 Å². The van der Waals surface area contributed by atoms with Crippen LogP contribution in [0.2, 0.25) is 0 Å². The largest absolute Gasteiger partial charge is 0.497 e. The van der Waals surface area contributed by atoms with E-state index in [0.717, 1.165) is 22.8 Å². The Hall–Kier alpha value is -2.16. The minimum atomic E-state index is 0. The molecular formula is C20H28IN3O3. The molecule has 0 aliphatic rings. The highest BCUT2D eigenvalue weighted by atomic mass is 127. The summed E-state index contributed by atoms with van der Waals surface area (Å²) >= 11 is 0. The average molecular weight is 485 g/mol. The first kappa shape index (κ1) is 22.9. The summed E-state index contributed by atoms with van der Waals surface area (Å²) in [6.45, 7) is 3.84. The fourth-order valence-corrected chi connectivity index (χ4v) is 2.41. The molecule has 0 aliphatic heterocycles. The van der Waals surface area contributed by atoms with E-state index in [1.54, 1.807) is 21.3 Å². The van der Waals surface area contributed by atoms with Gasteiger partial charge in [0.15, 0.2) is 5.96 Å². The molecule has 2 aromatic carbocycles.